The monoisotopic (exact) mass is 534 g/mol. The van der Waals surface area contributed by atoms with Crippen LogP contribution in [-0.4, -0.2) is 48.3 Å². The number of rotatable bonds is 9. The van der Waals surface area contributed by atoms with Crippen molar-refractivity contribution in [3.63, 3.8) is 0 Å². The number of nitrogens with zero attached hydrogens (tertiary/aromatic N) is 3. The molecule has 2 N–H and O–H groups in total. The van der Waals surface area contributed by atoms with Crippen LogP contribution in [0, 0.1) is 0 Å². The van der Waals surface area contributed by atoms with Gasteiger partial charge in [-0.2, -0.15) is 0 Å². The van der Waals surface area contributed by atoms with Crippen molar-refractivity contribution in [3.05, 3.63) is 82.7 Å². The maximum absolute atomic E-state index is 13.2. The minimum atomic E-state index is -3.32. The molecule has 0 saturated heterocycles. The summed E-state index contributed by atoms with van der Waals surface area (Å²) in [6, 6.07) is 11.4. The maximum Gasteiger partial charge on any atom is 0.251 e. The normalized spacial score (nSPS) is 18.1. The Morgan fingerprint density at radius 2 is 1.82 bits per heavy atom. The van der Waals surface area contributed by atoms with Crippen molar-refractivity contribution < 1.29 is 18.3 Å². The van der Waals surface area contributed by atoms with Crippen molar-refractivity contribution in [1.82, 2.24) is 15.3 Å². The van der Waals surface area contributed by atoms with Gasteiger partial charge in [0.25, 0.3) is 5.91 Å². The molecular weight excluding hydrogens is 500 g/mol. The van der Waals surface area contributed by atoms with Crippen molar-refractivity contribution in [3.8, 4) is 0 Å². The number of sulfone groups is 1. The molecule has 1 aromatic heterocycles. The Labute approximate surface area is 224 Å². The van der Waals surface area contributed by atoms with Crippen LogP contribution >= 0.6 is 0 Å². The lowest BCUT2D eigenvalue weighted by molar-refractivity contribution is 0.0916. The molecule has 1 saturated carbocycles. The fraction of sp³-hybridized carbons (Fsp3) is 0.414. The van der Waals surface area contributed by atoms with Gasteiger partial charge >= 0.3 is 0 Å². The van der Waals surface area contributed by atoms with Crippen LogP contribution in [0.2, 0.25) is 0 Å². The van der Waals surface area contributed by atoms with Crippen molar-refractivity contribution in [1.29, 1.82) is 0 Å². The minimum absolute atomic E-state index is 0.0130. The van der Waals surface area contributed by atoms with Gasteiger partial charge in [0.15, 0.2) is 9.84 Å². The Balaban J connectivity index is 1.33. The van der Waals surface area contributed by atoms with E-state index in [2.05, 4.69) is 27.1 Å². The first-order valence-electron chi connectivity index (χ1n) is 13.3. The van der Waals surface area contributed by atoms with E-state index in [1.807, 2.05) is 30.6 Å². The van der Waals surface area contributed by atoms with Crippen LogP contribution in [0.1, 0.15) is 83.6 Å². The smallest absolute Gasteiger partial charge is 0.251 e. The van der Waals surface area contributed by atoms with Gasteiger partial charge in [0, 0.05) is 37.0 Å². The van der Waals surface area contributed by atoms with Crippen LogP contribution in [0.3, 0.4) is 0 Å². The van der Waals surface area contributed by atoms with Crippen LogP contribution in [0.25, 0.3) is 0 Å². The Morgan fingerprint density at radius 3 is 2.42 bits per heavy atom. The lowest BCUT2D eigenvalue weighted by Gasteiger charge is -2.34. The number of carbonyl (C=O) groups excluding carboxylic acids is 1. The molecule has 38 heavy (non-hydrogen) atoms. The third-order valence-electron chi connectivity index (χ3n) is 7.64. The number of hydrogen-bond acceptors (Lipinski definition) is 7. The zero-order chi connectivity index (χ0) is 26.9. The van der Waals surface area contributed by atoms with Crippen molar-refractivity contribution in [2.75, 3.05) is 23.8 Å². The van der Waals surface area contributed by atoms with Crippen LogP contribution in [0.15, 0.2) is 59.8 Å². The number of carbonyl (C=O) groups is 1. The summed E-state index contributed by atoms with van der Waals surface area (Å²) in [5.41, 5.74) is 4.66. The quantitative estimate of drug-likeness (QED) is 0.425. The lowest BCUT2D eigenvalue weighted by Crippen LogP contribution is -2.35. The minimum Gasteiger partial charge on any atom is -0.394 e. The van der Waals surface area contributed by atoms with Gasteiger partial charge in [-0.3, -0.25) is 4.79 Å². The molecule has 1 amide bonds. The topological polar surface area (TPSA) is 112 Å². The molecule has 2 aromatic carbocycles. The summed E-state index contributed by atoms with van der Waals surface area (Å²) in [6.07, 6.45) is 7.28. The van der Waals surface area contributed by atoms with E-state index in [4.69, 9.17) is 0 Å². The van der Waals surface area contributed by atoms with Gasteiger partial charge in [-0.15, -0.1) is 0 Å². The number of anilines is 1. The molecule has 1 fully saturated rings. The number of aliphatic hydroxyl groups excluding tert-OH is 1. The summed E-state index contributed by atoms with van der Waals surface area (Å²) < 4.78 is 24.2. The van der Waals surface area contributed by atoms with Crippen LogP contribution in [0.5, 0.6) is 0 Å². The molecule has 9 heteroatoms. The molecule has 3 aromatic rings. The summed E-state index contributed by atoms with van der Waals surface area (Å²) in [6.45, 7) is 4.90. The molecule has 5 rings (SSSR count). The van der Waals surface area contributed by atoms with Crippen LogP contribution in [-0.2, 0) is 16.4 Å². The molecule has 1 unspecified atom stereocenters. The van der Waals surface area contributed by atoms with Crippen molar-refractivity contribution in [2.24, 2.45) is 0 Å². The highest BCUT2D eigenvalue weighted by molar-refractivity contribution is 7.91. The Hall–Kier alpha value is -3.30. The third-order valence-corrected chi connectivity index (χ3v) is 9.39. The average molecular weight is 535 g/mol. The van der Waals surface area contributed by atoms with Gasteiger partial charge in [0.2, 0.25) is 5.95 Å². The number of aromatic nitrogens is 2. The van der Waals surface area contributed by atoms with Crippen LogP contribution in [0.4, 0.5) is 5.95 Å². The van der Waals surface area contributed by atoms with E-state index in [9.17, 15) is 18.3 Å². The first kappa shape index (κ1) is 26.3. The highest BCUT2D eigenvalue weighted by atomic mass is 32.2. The number of hydrogen-bond donors (Lipinski definition) is 2. The Kier molecular flexibility index (Phi) is 7.49. The predicted molar refractivity (Wildman–Crippen MR) is 146 cm³/mol. The zero-order valence-electron chi connectivity index (χ0n) is 21.8. The van der Waals surface area contributed by atoms with E-state index in [0.717, 1.165) is 18.5 Å². The Morgan fingerprint density at radius 1 is 1.11 bits per heavy atom. The number of benzene rings is 2. The summed E-state index contributed by atoms with van der Waals surface area (Å²) in [5, 5.41) is 12.9. The number of aliphatic hydroxyl groups is 1. The standard InChI is InChI=1S/C29H34N4O4S/c1-3-19-16-33(29-30-14-24(15-31-29)20-5-6-20)17-23-13-22(9-12-26(19)23)28(35)32-27(18-34)21-7-10-25(11-8-21)38(36,37)4-2/h7-15,19-20,27,34H,3-6,16-18H2,1-2H3,(H,32,35)/t19-,27?/m1/s1. The number of fused-ring (bicyclic) bond motifs is 1. The molecule has 2 atom stereocenters. The zero-order valence-corrected chi connectivity index (χ0v) is 22.6. The summed E-state index contributed by atoms with van der Waals surface area (Å²) in [5.74, 6) is 1.35. The first-order valence-corrected chi connectivity index (χ1v) is 14.9. The molecule has 2 aliphatic rings. The third kappa shape index (κ3) is 5.44. The molecule has 8 nitrogen and oxygen atoms in total. The number of amides is 1. The maximum atomic E-state index is 13.2. The molecule has 0 bridgehead atoms. The number of nitrogens with one attached hydrogen (secondary N) is 1. The molecule has 0 spiro atoms. The Bertz CT molecular complexity index is 1400. The fourth-order valence-corrected chi connectivity index (χ4v) is 5.97. The fourth-order valence-electron chi connectivity index (χ4n) is 5.09. The van der Waals surface area contributed by atoms with E-state index < -0.39 is 15.9 Å². The molecular formula is C29H34N4O4S. The van der Waals surface area contributed by atoms with E-state index in [1.54, 1.807) is 19.1 Å². The lowest BCUT2D eigenvalue weighted by atomic mass is 9.87. The van der Waals surface area contributed by atoms with Gasteiger partial charge in [0.1, 0.15) is 0 Å². The largest absolute Gasteiger partial charge is 0.394 e. The van der Waals surface area contributed by atoms with E-state index in [-0.39, 0.29) is 23.2 Å². The van der Waals surface area contributed by atoms with Gasteiger partial charge < -0.3 is 15.3 Å². The second-order valence-electron chi connectivity index (χ2n) is 10.2. The van der Waals surface area contributed by atoms with Crippen molar-refractivity contribution >= 4 is 21.7 Å². The van der Waals surface area contributed by atoms with Crippen LogP contribution < -0.4 is 10.2 Å². The van der Waals surface area contributed by atoms with E-state index in [1.165, 1.54) is 36.1 Å². The second-order valence-corrected chi connectivity index (χ2v) is 12.4. The van der Waals surface area contributed by atoms with Gasteiger partial charge in [0.05, 0.1) is 23.3 Å². The molecule has 1 aliphatic carbocycles. The summed E-state index contributed by atoms with van der Waals surface area (Å²) in [7, 11) is -3.32. The summed E-state index contributed by atoms with van der Waals surface area (Å²) >= 11 is 0. The molecule has 1 aliphatic heterocycles. The van der Waals surface area contributed by atoms with Gasteiger partial charge in [-0.25, -0.2) is 18.4 Å². The predicted octanol–water partition coefficient (Wildman–Crippen LogP) is 4.12. The van der Waals surface area contributed by atoms with Gasteiger partial charge in [-0.1, -0.05) is 32.0 Å². The van der Waals surface area contributed by atoms with Gasteiger partial charge in [-0.05, 0) is 71.7 Å². The summed E-state index contributed by atoms with van der Waals surface area (Å²) in [4.78, 5) is 24.9. The van der Waals surface area contributed by atoms with Crippen molar-refractivity contribution in [2.45, 2.75) is 62.4 Å². The molecule has 0 radical (unpaired) electrons. The molecule has 200 valence electrons. The highest BCUT2D eigenvalue weighted by Crippen LogP contribution is 2.40. The average Bonchev–Trinajstić information content (AvgIpc) is 3.81. The second kappa shape index (κ2) is 10.8. The highest BCUT2D eigenvalue weighted by Gasteiger charge is 2.28. The first-order chi connectivity index (χ1) is 18.3. The molecule has 2 heterocycles. The van der Waals surface area contributed by atoms with E-state index in [0.29, 0.717) is 35.5 Å². The SMILES string of the molecule is CC[C@@H]1CN(c2ncc(C3CC3)cn2)Cc2cc(C(=O)NC(CO)c3ccc(S(=O)(=O)CC)cc3)ccc21. The van der Waals surface area contributed by atoms with E-state index >= 15 is 0 Å².